The van der Waals surface area contributed by atoms with Gasteiger partial charge in [0.05, 0.1) is 41.7 Å². The van der Waals surface area contributed by atoms with E-state index in [-0.39, 0.29) is 36.2 Å². The molecule has 0 bridgehead atoms. The fraction of sp³-hybridized carbons (Fsp3) is 0.707. The molecule has 7 unspecified atom stereocenters. The highest BCUT2D eigenvalue weighted by Crippen LogP contribution is 2.27. The Bertz CT molecular complexity index is 1250. The molecule has 2 N–H and O–H groups in total. The van der Waals surface area contributed by atoms with E-state index in [2.05, 4.69) is 49.1 Å². The number of carbonyl (C=O) groups is 6. The van der Waals surface area contributed by atoms with Crippen LogP contribution in [0.3, 0.4) is 0 Å². The van der Waals surface area contributed by atoms with Crippen LogP contribution in [0.2, 0.25) is 0 Å². The van der Waals surface area contributed by atoms with Gasteiger partial charge in [-0.25, -0.2) is 9.59 Å². The van der Waals surface area contributed by atoms with Crippen LogP contribution < -0.4 is 10.6 Å². The third kappa shape index (κ3) is 31.9. The quantitative estimate of drug-likeness (QED) is 0.0357. The molecule has 334 valence electrons. The van der Waals surface area contributed by atoms with Gasteiger partial charge in [0.2, 0.25) is 11.8 Å². The molecule has 0 aromatic heterocycles. The molecule has 2 fully saturated rings. The maximum absolute atomic E-state index is 13.0. The Hall–Kier alpha value is -3.06. The molecule has 0 radical (unpaired) electrons. The minimum absolute atomic E-state index is 0.0304. The van der Waals surface area contributed by atoms with Crippen LogP contribution in [-0.4, -0.2) is 121 Å². The summed E-state index contributed by atoms with van der Waals surface area (Å²) >= 11 is 0. The van der Waals surface area contributed by atoms with Gasteiger partial charge >= 0.3 is 17.9 Å². The smallest absolute Gasteiger partial charge is 0.330 e. The van der Waals surface area contributed by atoms with Gasteiger partial charge in [-0.05, 0) is 70.3 Å². The lowest BCUT2D eigenvalue weighted by Gasteiger charge is -2.29. The minimum Gasteiger partial charge on any atom is -0.461 e. The first-order valence-electron chi connectivity index (χ1n) is 20.8. The number of carbonyl (C=O) groups excluding carboxylic acids is 6. The number of hydrogen-bond donors (Lipinski definition) is 2. The Morgan fingerprint density at radius 1 is 0.707 bits per heavy atom. The van der Waals surface area contributed by atoms with Crippen LogP contribution in [0.15, 0.2) is 38.0 Å². The molecule has 0 aliphatic heterocycles. The number of hydrogen-bond acceptors (Lipinski definition) is 13. The number of Topliss-reactive ketones (excluding diaryl/α,β-unsaturated/α-hetero) is 1. The molecule has 15 nitrogen and oxygen atoms in total. The molecule has 0 heterocycles. The summed E-state index contributed by atoms with van der Waals surface area (Å²) in [6.45, 7) is 16.6. The Kier molecular flexibility index (Phi) is 36.0. The number of nitrogens with one attached hydrogen (secondary N) is 2. The van der Waals surface area contributed by atoms with Crippen LogP contribution in [0.1, 0.15) is 87.2 Å². The fourth-order valence-electron chi connectivity index (χ4n) is 4.95. The summed E-state index contributed by atoms with van der Waals surface area (Å²) in [7, 11) is 7.33. The van der Waals surface area contributed by atoms with Crippen molar-refractivity contribution in [3.63, 3.8) is 0 Å². The summed E-state index contributed by atoms with van der Waals surface area (Å²) < 4.78 is 48.2. The van der Waals surface area contributed by atoms with Gasteiger partial charge in [0.15, 0.2) is 0 Å². The highest BCUT2D eigenvalue weighted by molar-refractivity contribution is 7.16. The molecule has 0 aromatic rings. The summed E-state index contributed by atoms with van der Waals surface area (Å²) in [5, 5.41) is 5.86. The van der Waals surface area contributed by atoms with E-state index in [1.807, 2.05) is 23.1 Å². The van der Waals surface area contributed by atoms with E-state index in [1.54, 1.807) is 14.2 Å². The molecule has 2 aliphatic rings. The number of amides is 2. The lowest BCUT2D eigenvalue weighted by Crippen LogP contribution is -2.42. The van der Waals surface area contributed by atoms with E-state index >= 15 is 0 Å². The van der Waals surface area contributed by atoms with Crippen LogP contribution in [-0.2, 0) is 61.9 Å². The Morgan fingerprint density at radius 2 is 1.22 bits per heavy atom. The van der Waals surface area contributed by atoms with Crippen molar-refractivity contribution in [1.29, 1.82) is 0 Å². The Labute approximate surface area is 354 Å². The van der Waals surface area contributed by atoms with Gasteiger partial charge in [-0.1, -0.05) is 52.1 Å². The molecule has 2 aliphatic carbocycles. The van der Waals surface area contributed by atoms with E-state index in [4.69, 9.17) is 26.4 Å². The Morgan fingerprint density at radius 3 is 1.67 bits per heavy atom. The van der Waals surface area contributed by atoms with E-state index in [0.29, 0.717) is 77.8 Å². The summed E-state index contributed by atoms with van der Waals surface area (Å²) in [6.07, 6.45) is 10.4. The van der Waals surface area contributed by atoms with Crippen molar-refractivity contribution in [2.45, 2.75) is 96.6 Å². The van der Waals surface area contributed by atoms with Gasteiger partial charge in [0.1, 0.15) is 25.0 Å². The molecule has 0 saturated heterocycles. The summed E-state index contributed by atoms with van der Waals surface area (Å²) in [6, 6.07) is 0.693. The highest BCUT2D eigenvalue weighted by atomic mass is 31.0. The van der Waals surface area contributed by atoms with E-state index in [0.717, 1.165) is 44.3 Å². The van der Waals surface area contributed by atoms with Crippen LogP contribution in [0.25, 0.3) is 0 Å². The average Bonchev–Trinajstić information content (AvgIpc) is 3.18. The van der Waals surface area contributed by atoms with Crippen molar-refractivity contribution in [2.75, 3.05) is 73.1 Å². The van der Waals surface area contributed by atoms with Gasteiger partial charge in [-0.2, -0.15) is 0 Å². The van der Waals surface area contributed by atoms with Crippen molar-refractivity contribution in [1.82, 2.24) is 10.6 Å². The van der Waals surface area contributed by atoms with Gasteiger partial charge in [0, 0.05) is 63.3 Å². The predicted octanol–water partition coefficient (Wildman–Crippen LogP) is 4.87. The monoisotopic (exact) mass is 866 g/mol. The zero-order valence-electron chi connectivity index (χ0n) is 37.1. The lowest BCUT2D eigenvalue weighted by atomic mass is 9.82. The third-order valence-electron chi connectivity index (χ3n) is 8.77. The zero-order chi connectivity index (χ0) is 45.7. The van der Waals surface area contributed by atoms with Gasteiger partial charge in [-0.3, -0.25) is 19.2 Å². The molecule has 0 spiro atoms. The van der Waals surface area contributed by atoms with E-state index < -0.39 is 42.4 Å². The van der Waals surface area contributed by atoms with Gasteiger partial charge in [-0.15, -0.1) is 0 Å². The minimum atomic E-state index is -1.02. The molecule has 17 heteroatoms. The number of ether oxygens (including phenoxy) is 7. The second kappa shape index (κ2) is 39.4. The van der Waals surface area contributed by atoms with Gasteiger partial charge < -0.3 is 43.8 Å². The number of esters is 3. The molecule has 2 amide bonds. The average molecular weight is 867 g/mol. The first-order chi connectivity index (χ1) is 28.6. The second-order valence-corrected chi connectivity index (χ2v) is 13.7. The summed E-state index contributed by atoms with van der Waals surface area (Å²) in [5.74, 6) is -2.69. The number of ketones is 1. The maximum Gasteiger partial charge on any atom is 0.330 e. The van der Waals surface area contributed by atoms with Crippen molar-refractivity contribution >= 4 is 54.0 Å². The summed E-state index contributed by atoms with van der Waals surface area (Å²) in [4.78, 5) is 69.0. The van der Waals surface area contributed by atoms with Crippen LogP contribution in [0.4, 0.5) is 0 Å². The van der Waals surface area contributed by atoms with Gasteiger partial charge in [0.25, 0.3) is 0 Å². The van der Waals surface area contributed by atoms with Crippen molar-refractivity contribution in [2.24, 2.45) is 17.8 Å². The number of methoxy groups -OCH3 is 2. The van der Waals surface area contributed by atoms with Crippen molar-refractivity contribution < 1.29 is 64.7 Å². The Balaban J connectivity index is 0. The first kappa shape index (κ1) is 53.0. The third-order valence-corrected chi connectivity index (χ3v) is 9.05. The normalized spacial score (nSPS) is 16.0. The fourth-order valence-corrected chi connectivity index (χ4v) is 5.22. The molecule has 2 saturated carbocycles. The topological polar surface area (TPSA) is 191 Å². The molecule has 0 aromatic carbocycles. The molecule has 7 atom stereocenters. The molecule has 58 heavy (non-hydrogen) atoms. The highest BCUT2D eigenvalue weighted by Gasteiger charge is 2.31. The largest absolute Gasteiger partial charge is 0.461 e. The number of rotatable bonds is 28. The lowest BCUT2D eigenvalue weighted by molar-refractivity contribution is -0.147. The SMILES string of the molecule is C=CC(=O)NC1CCC1.C=CC(=O)OCCOCCOC.[3H]C(P)OC(=O)C(CC)CC(CC(C)C(=O)NC1CCC1)C(=O)CCCOCCOC.[3H]C(P)OC(=O)C=C. The first-order valence-corrected chi connectivity index (χ1v) is 21.0. The second-order valence-electron chi connectivity index (χ2n) is 13.2. The standard InChI is InChI=1S/C22H40NO6P.C8H14O4.C7H11NO.C4H7O2P/c1-4-17(22(26)29-15-30)14-18(20(24)9-6-10-28-12-11-27-3)13-16(2)21(25)23-19-7-5-8-19;1-3-8(9)12-7-6-11-5-4-10-2;1-2-7(9)8-6-4-3-5-6;1-2-4(5)6-3-7/h16-19H,4-15,30H2,1-3H3,(H,23,25);3H,1,4-7H2,2H3;2,6H,1,3-5H2,(H,8,9);2H,1,3,7H2/i15T;;;3T. The van der Waals surface area contributed by atoms with Crippen LogP contribution >= 0.6 is 18.5 Å². The molecular formula is C41H72N2O13P2. The molecular weight excluding hydrogens is 790 g/mol. The predicted molar refractivity (Wildman–Crippen MR) is 230 cm³/mol. The maximum atomic E-state index is 13.0. The van der Waals surface area contributed by atoms with Crippen molar-refractivity contribution in [3.05, 3.63) is 38.0 Å². The van der Waals surface area contributed by atoms with Crippen LogP contribution in [0.5, 0.6) is 0 Å². The van der Waals surface area contributed by atoms with Crippen LogP contribution in [0, 0.1) is 17.8 Å². The summed E-state index contributed by atoms with van der Waals surface area (Å²) in [5.41, 5.74) is 0. The van der Waals surface area contributed by atoms with E-state index in [1.165, 1.54) is 12.5 Å². The van der Waals surface area contributed by atoms with Crippen molar-refractivity contribution in [3.8, 4) is 0 Å². The molecule has 2 rings (SSSR count). The zero-order valence-corrected chi connectivity index (χ0v) is 37.4. The van der Waals surface area contributed by atoms with E-state index in [9.17, 15) is 28.8 Å².